The van der Waals surface area contributed by atoms with Crippen molar-refractivity contribution < 1.29 is 10.0 Å². The fourth-order valence-electron chi connectivity index (χ4n) is 3.12. The van der Waals surface area contributed by atoms with E-state index in [1.807, 2.05) is 24.3 Å². The minimum atomic E-state index is 0.140. The molecule has 1 amide bonds. The number of benzene rings is 1. The van der Waals surface area contributed by atoms with Crippen LogP contribution in [0.15, 0.2) is 29.4 Å². The van der Waals surface area contributed by atoms with E-state index in [1.54, 1.807) is 0 Å². The Labute approximate surface area is 117 Å². The van der Waals surface area contributed by atoms with Gasteiger partial charge in [0.25, 0.3) is 0 Å². The third kappa shape index (κ3) is 2.76. The molecule has 1 aromatic rings. The van der Waals surface area contributed by atoms with Crippen LogP contribution in [-0.2, 0) is 11.2 Å². The SMILES string of the molecule is N/C(Cc1ccc(NC(=O)C2CC3CC3C2)cc1)=N/O. The smallest absolute Gasteiger partial charge is 0.227 e. The summed E-state index contributed by atoms with van der Waals surface area (Å²) >= 11 is 0. The molecule has 2 atom stereocenters. The molecule has 2 aliphatic carbocycles. The lowest BCUT2D eigenvalue weighted by Crippen LogP contribution is -2.21. The average Bonchev–Trinajstić information content (AvgIpc) is 3.07. The van der Waals surface area contributed by atoms with Crippen LogP contribution < -0.4 is 11.1 Å². The Balaban J connectivity index is 1.56. The molecule has 5 nitrogen and oxygen atoms in total. The van der Waals surface area contributed by atoms with E-state index in [4.69, 9.17) is 10.9 Å². The maximum atomic E-state index is 12.1. The second-order valence-electron chi connectivity index (χ2n) is 5.88. The summed E-state index contributed by atoms with van der Waals surface area (Å²) in [5.41, 5.74) is 7.20. The normalized spacial score (nSPS) is 28.0. The molecular weight excluding hydrogens is 254 g/mol. The number of nitrogens with one attached hydrogen (secondary N) is 1. The van der Waals surface area contributed by atoms with Gasteiger partial charge < -0.3 is 16.3 Å². The van der Waals surface area contributed by atoms with Gasteiger partial charge in [-0.15, -0.1) is 0 Å². The molecule has 0 aromatic heterocycles. The topological polar surface area (TPSA) is 87.7 Å². The number of hydrogen-bond donors (Lipinski definition) is 3. The van der Waals surface area contributed by atoms with Crippen LogP contribution in [0.4, 0.5) is 5.69 Å². The first kappa shape index (κ1) is 13.0. The number of amides is 1. The average molecular weight is 273 g/mol. The highest BCUT2D eigenvalue weighted by molar-refractivity contribution is 5.93. The molecule has 0 radical (unpaired) electrons. The van der Waals surface area contributed by atoms with Crippen molar-refractivity contribution in [1.82, 2.24) is 0 Å². The molecule has 2 saturated carbocycles. The first-order valence-corrected chi connectivity index (χ1v) is 7.02. The van der Waals surface area contributed by atoms with E-state index in [-0.39, 0.29) is 17.7 Å². The number of nitrogens with two attached hydrogens (primary N) is 1. The van der Waals surface area contributed by atoms with Gasteiger partial charge in [0.2, 0.25) is 5.91 Å². The quantitative estimate of drug-likeness (QED) is 0.339. The molecule has 1 aromatic carbocycles. The minimum Gasteiger partial charge on any atom is -0.409 e. The molecule has 0 spiro atoms. The molecule has 4 N–H and O–H groups in total. The van der Waals surface area contributed by atoms with Gasteiger partial charge >= 0.3 is 0 Å². The van der Waals surface area contributed by atoms with E-state index in [0.717, 1.165) is 35.9 Å². The zero-order valence-electron chi connectivity index (χ0n) is 11.2. The molecule has 0 aliphatic heterocycles. The Hall–Kier alpha value is -2.04. The highest BCUT2D eigenvalue weighted by Crippen LogP contribution is 2.54. The summed E-state index contributed by atoms with van der Waals surface area (Å²) < 4.78 is 0. The number of oxime groups is 1. The van der Waals surface area contributed by atoms with Crippen molar-refractivity contribution in [2.24, 2.45) is 28.6 Å². The second-order valence-corrected chi connectivity index (χ2v) is 5.88. The van der Waals surface area contributed by atoms with Crippen molar-refractivity contribution in [2.75, 3.05) is 5.32 Å². The van der Waals surface area contributed by atoms with Crippen molar-refractivity contribution >= 4 is 17.4 Å². The summed E-state index contributed by atoms with van der Waals surface area (Å²) in [5, 5.41) is 14.4. The maximum absolute atomic E-state index is 12.1. The summed E-state index contributed by atoms with van der Waals surface area (Å²) in [6.45, 7) is 0. The molecule has 0 bridgehead atoms. The highest BCUT2D eigenvalue weighted by atomic mass is 16.4. The van der Waals surface area contributed by atoms with Crippen molar-refractivity contribution in [3.8, 4) is 0 Å². The number of carbonyl (C=O) groups excluding carboxylic acids is 1. The van der Waals surface area contributed by atoms with Gasteiger partial charge in [-0.2, -0.15) is 0 Å². The van der Waals surface area contributed by atoms with Gasteiger partial charge in [0.15, 0.2) is 0 Å². The van der Waals surface area contributed by atoms with Gasteiger partial charge in [0.1, 0.15) is 5.84 Å². The highest BCUT2D eigenvalue weighted by Gasteiger charge is 2.47. The second kappa shape index (κ2) is 5.15. The summed E-state index contributed by atoms with van der Waals surface area (Å²) in [4.78, 5) is 12.1. The zero-order chi connectivity index (χ0) is 14.1. The third-order valence-corrected chi connectivity index (χ3v) is 4.35. The molecule has 0 saturated heterocycles. The predicted molar refractivity (Wildman–Crippen MR) is 76.5 cm³/mol. The Bertz CT molecular complexity index is 529. The monoisotopic (exact) mass is 273 g/mol. The zero-order valence-corrected chi connectivity index (χ0v) is 11.2. The fourth-order valence-corrected chi connectivity index (χ4v) is 3.12. The van der Waals surface area contributed by atoms with E-state index in [9.17, 15) is 4.79 Å². The van der Waals surface area contributed by atoms with Crippen LogP contribution in [0.5, 0.6) is 0 Å². The first-order valence-electron chi connectivity index (χ1n) is 7.02. The maximum Gasteiger partial charge on any atom is 0.227 e. The number of rotatable bonds is 4. The number of nitrogens with zero attached hydrogens (tertiary/aromatic N) is 1. The van der Waals surface area contributed by atoms with Crippen LogP contribution in [0.1, 0.15) is 24.8 Å². The van der Waals surface area contributed by atoms with Crippen LogP contribution in [0.25, 0.3) is 0 Å². The van der Waals surface area contributed by atoms with Crippen molar-refractivity contribution in [1.29, 1.82) is 0 Å². The molecule has 106 valence electrons. The number of fused-ring (bicyclic) bond motifs is 1. The van der Waals surface area contributed by atoms with Crippen molar-refractivity contribution in [2.45, 2.75) is 25.7 Å². The van der Waals surface area contributed by atoms with Crippen LogP contribution in [0.2, 0.25) is 0 Å². The summed E-state index contributed by atoms with van der Waals surface area (Å²) in [6, 6.07) is 7.46. The van der Waals surface area contributed by atoms with Gasteiger partial charge in [-0.3, -0.25) is 4.79 Å². The molecular formula is C15H19N3O2. The first-order chi connectivity index (χ1) is 9.65. The van der Waals surface area contributed by atoms with Crippen molar-refractivity contribution in [3.05, 3.63) is 29.8 Å². The largest absolute Gasteiger partial charge is 0.409 e. The van der Waals surface area contributed by atoms with Crippen LogP contribution >= 0.6 is 0 Å². The van der Waals surface area contributed by atoms with Crippen LogP contribution in [0, 0.1) is 17.8 Å². The molecule has 2 unspecified atom stereocenters. The molecule has 5 heteroatoms. The Morgan fingerprint density at radius 2 is 1.90 bits per heavy atom. The van der Waals surface area contributed by atoms with Crippen LogP contribution in [-0.4, -0.2) is 17.0 Å². The molecule has 2 aliphatic rings. The van der Waals surface area contributed by atoms with Gasteiger partial charge in [-0.25, -0.2) is 0 Å². The molecule has 0 heterocycles. The molecule has 20 heavy (non-hydrogen) atoms. The Kier molecular flexibility index (Phi) is 3.34. The molecule has 3 rings (SSSR count). The predicted octanol–water partition coefficient (Wildman–Crippen LogP) is 1.96. The third-order valence-electron chi connectivity index (χ3n) is 4.35. The van der Waals surface area contributed by atoms with Gasteiger partial charge in [-0.05, 0) is 48.8 Å². The van der Waals surface area contributed by atoms with Gasteiger partial charge in [0, 0.05) is 18.0 Å². The van der Waals surface area contributed by atoms with E-state index in [0.29, 0.717) is 6.42 Å². The van der Waals surface area contributed by atoms with E-state index in [2.05, 4.69) is 10.5 Å². The van der Waals surface area contributed by atoms with Crippen molar-refractivity contribution in [3.63, 3.8) is 0 Å². The standard InChI is InChI=1S/C15H19N3O2/c16-14(18-20)5-9-1-3-13(4-2-9)17-15(19)12-7-10-6-11(10)8-12/h1-4,10-12,20H,5-8H2,(H2,16,18)(H,17,19). The number of carbonyl (C=O) groups is 1. The summed E-state index contributed by atoms with van der Waals surface area (Å²) in [7, 11) is 0. The lowest BCUT2D eigenvalue weighted by molar-refractivity contribution is -0.120. The van der Waals surface area contributed by atoms with E-state index in [1.165, 1.54) is 6.42 Å². The van der Waals surface area contributed by atoms with E-state index < -0.39 is 0 Å². The number of hydrogen-bond acceptors (Lipinski definition) is 3. The molecule has 2 fully saturated rings. The van der Waals surface area contributed by atoms with Gasteiger partial charge in [-0.1, -0.05) is 17.3 Å². The Morgan fingerprint density at radius 3 is 2.50 bits per heavy atom. The number of amidine groups is 1. The Morgan fingerprint density at radius 1 is 1.25 bits per heavy atom. The van der Waals surface area contributed by atoms with E-state index >= 15 is 0 Å². The fraction of sp³-hybridized carbons (Fsp3) is 0.467. The lowest BCUT2D eigenvalue weighted by Gasteiger charge is -2.12. The lowest BCUT2D eigenvalue weighted by atomic mass is 10.0. The van der Waals surface area contributed by atoms with Crippen LogP contribution in [0.3, 0.4) is 0 Å². The summed E-state index contributed by atoms with van der Waals surface area (Å²) in [5.74, 6) is 2.13. The summed E-state index contributed by atoms with van der Waals surface area (Å²) in [6.07, 6.45) is 3.83. The minimum absolute atomic E-state index is 0.140. The van der Waals surface area contributed by atoms with Gasteiger partial charge in [0.05, 0.1) is 0 Å². The number of anilines is 1.